The van der Waals surface area contributed by atoms with Crippen LogP contribution in [0, 0.1) is 5.92 Å². The molecule has 0 saturated carbocycles. The average molecular weight is 607 g/mol. The number of halogens is 1. The molecule has 10 heteroatoms. The first-order chi connectivity index (χ1) is 20.6. The molecule has 3 aliphatic heterocycles. The van der Waals surface area contributed by atoms with E-state index in [1.165, 1.54) is 12.0 Å². The molecule has 3 aromatic rings. The second-order valence-corrected chi connectivity index (χ2v) is 13.7. The monoisotopic (exact) mass is 606 g/mol. The van der Waals surface area contributed by atoms with Crippen LogP contribution in [0.2, 0.25) is 5.02 Å². The topological polar surface area (TPSA) is 74.3 Å². The third-order valence-corrected chi connectivity index (χ3v) is 9.09. The zero-order valence-electron chi connectivity index (χ0n) is 26.0. The second-order valence-electron chi connectivity index (χ2n) is 13.3. The molecule has 0 N–H and O–H groups in total. The number of rotatable bonds is 7. The summed E-state index contributed by atoms with van der Waals surface area (Å²) in [5, 5.41) is 2.96. The molecule has 230 valence electrons. The average Bonchev–Trinajstić information content (AvgIpc) is 3.36. The molecule has 0 unspecified atom stereocenters. The molecular formula is C33H43ClN6O3. The first kappa shape index (κ1) is 29.8. The smallest absolute Gasteiger partial charge is 0.410 e. The number of carbonyl (C=O) groups excluding carboxylic acids is 1. The molecule has 1 amide bonds. The lowest BCUT2D eigenvalue weighted by Crippen LogP contribution is -2.54. The number of amides is 1. The van der Waals surface area contributed by atoms with Crippen molar-refractivity contribution in [3.63, 3.8) is 0 Å². The number of likely N-dealkylation sites (N-methyl/N-ethyl adjacent to an activating group) is 1. The number of ether oxygens (including phenoxy) is 2. The highest BCUT2D eigenvalue weighted by Gasteiger charge is 2.35. The van der Waals surface area contributed by atoms with E-state index in [2.05, 4.69) is 53.1 Å². The molecule has 0 bridgehead atoms. The fraction of sp³-hybridized carbons (Fsp3) is 0.545. The van der Waals surface area contributed by atoms with Gasteiger partial charge in [-0.15, -0.1) is 0 Å². The van der Waals surface area contributed by atoms with E-state index < -0.39 is 5.60 Å². The van der Waals surface area contributed by atoms with Gasteiger partial charge in [-0.1, -0.05) is 35.9 Å². The van der Waals surface area contributed by atoms with Gasteiger partial charge in [0, 0.05) is 61.8 Å². The van der Waals surface area contributed by atoms with E-state index in [0.29, 0.717) is 44.2 Å². The minimum atomic E-state index is -0.492. The number of aromatic nitrogens is 2. The highest BCUT2D eigenvalue weighted by Crippen LogP contribution is 2.37. The molecule has 2 aromatic carbocycles. The van der Waals surface area contributed by atoms with Gasteiger partial charge >= 0.3 is 12.1 Å². The quantitative estimate of drug-likeness (QED) is 0.343. The molecule has 1 aromatic heterocycles. The minimum Gasteiger partial charge on any atom is -0.462 e. The van der Waals surface area contributed by atoms with Crippen molar-refractivity contribution in [3.05, 3.63) is 52.7 Å². The standard InChI is InChI=1S/C33H43ClN6O3/c1-33(2,3)43-32(41)40-18-22(19-40)17-38(5)30-25-14-16-39(28-13-7-10-23-9-6-12-26(34)29(23)28)20-27(25)35-31(36-30)42-21-24-11-8-15-37(24)4/h6-7,9-10,12-13,22,24H,8,11,14-21H2,1-5H3/t24-/m0/s1. The van der Waals surface area contributed by atoms with Crippen molar-refractivity contribution in [3.8, 4) is 6.01 Å². The maximum Gasteiger partial charge on any atom is 0.410 e. The Hall–Kier alpha value is -3.30. The van der Waals surface area contributed by atoms with Crippen LogP contribution in [0.3, 0.4) is 0 Å². The Morgan fingerprint density at radius 2 is 1.88 bits per heavy atom. The number of hydrogen-bond donors (Lipinski definition) is 0. The molecule has 3 aliphatic rings. The van der Waals surface area contributed by atoms with Gasteiger partial charge in [0.1, 0.15) is 18.0 Å². The van der Waals surface area contributed by atoms with Crippen LogP contribution in [-0.2, 0) is 17.7 Å². The summed E-state index contributed by atoms with van der Waals surface area (Å²) in [6, 6.07) is 13.2. The van der Waals surface area contributed by atoms with Gasteiger partial charge in [-0.05, 0) is 71.1 Å². The fourth-order valence-electron chi connectivity index (χ4n) is 6.51. The number of anilines is 2. The van der Waals surface area contributed by atoms with Crippen molar-refractivity contribution in [2.75, 3.05) is 63.2 Å². The Morgan fingerprint density at radius 1 is 1.12 bits per heavy atom. The molecule has 6 rings (SSSR count). The van der Waals surface area contributed by atoms with Crippen LogP contribution in [0.1, 0.15) is 44.9 Å². The molecule has 43 heavy (non-hydrogen) atoms. The summed E-state index contributed by atoms with van der Waals surface area (Å²) >= 11 is 6.70. The third kappa shape index (κ3) is 6.48. The van der Waals surface area contributed by atoms with Gasteiger partial charge in [0.25, 0.3) is 0 Å². The summed E-state index contributed by atoms with van der Waals surface area (Å²) in [7, 11) is 4.24. The lowest BCUT2D eigenvalue weighted by molar-refractivity contribution is 0.000170. The molecule has 9 nitrogen and oxygen atoms in total. The highest BCUT2D eigenvalue weighted by atomic mass is 35.5. The Morgan fingerprint density at radius 3 is 2.60 bits per heavy atom. The van der Waals surface area contributed by atoms with E-state index in [9.17, 15) is 4.79 Å². The second kappa shape index (κ2) is 12.0. The summed E-state index contributed by atoms with van der Waals surface area (Å²) in [4.78, 5) is 31.1. The predicted octanol–water partition coefficient (Wildman–Crippen LogP) is 5.62. The van der Waals surface area contributed by atoms with E-state index in [4.69, 9.17) is 31.0 Å². The normalized spacial score (nSPS) is 19.3. The molecular weight excluding hydrogens is 564 g/mol. The molecule has 0 spiro atoms. The molecule has 4 heterocycles. The van der Waals surface area contributed by atoms with Gasteiger partial charge in [0.05, 0.1) is 17.3 Å². The van der Waals surface area contributed by atoms with Crippen LogP contribution < -0.4 is 14.5 Å². The molecule has 2 saturated heterocycles. The Bertz CT molecular complexity index is 1480. The third-order valence-electron chi connectivity index (χ3n) is 8.77. The van der Waals surface area contributed by atoms with Crippen LogP contribution in [-0.4, -0.2) is 90.9 Å². The fourth-order valence-corrected chi connectivity index (χ4v) is 6.79. The van der Waals surface area contributed by atoms with Crippen molar-refractivity contribution < 1.29 is 14.3 Å². The summed E-state index contributed by atoms with van der Waals surface area (Å²) in [6.45, 7) is 11.0. The molecule has 1 atom stereocenters. The van der Waals surface area contributed by atoms with Crippen LogP contribution >= 0.6 is 11.6 Å². The number of likely N-dealkylation sites (tertiary alicyclic amines) is 2. The van der Waals surface area contributed by atoms with Crippen LogP contribution in [0.25, 0.3) is 10.8 Å². The van der Waals surface area contributed by atoms with Gasteiger partial charge < -0.3 is 29.1 Å². The molecule has 0 aliphatic carbocycles. The number of benzene rings is 2. The van der Waals surface area contributed by atoms with E-state index in [1.807, 2.05) is 32.9 Å². The Balaban J connectivity index is 1.23. The zero-order chi connectivity index (χ0) is 30.3. The summed E-state index contributed by atoms with van der Waals surface area (Å²) < 4.78 is 11.8. The van der Waals surface area contributed by atoms with Crippen molar-refractivity contribution in [1.82, 2.24) is 19.8 Å². The minimum absolute atomic E-state index is 0.244. The Kier molecular flexibility index (Phi) is 8.31. The molecule has 2 fully saturated rings. The van der Waals surface area contributed by atoms with E-state index in [0.717, 1.165) is 65.5 Å². The lowest BCUT2D eigenvalue weighted by Gasteiger charge is -2.42. The predicted molar refractivity (Wildman–Crippen MR) is 171 cm³/mol. The lowest BCUT2D eigenvalue weighted by atomic mass is 9.99. The zero-order valence-corrected chi connectivity index (χ0v) is 26.7. The number of fused-ring (bicyclic) bond motifs is 2. The first-order valence-corrected chi connectivity index (χ1v) is 15.8. The SMILES string of the molecule is CN(CC1CN(C(=O)OC(C)(C)C)C1)c1nc(OC[C@@H]2CCCN2C)nc2c1CCN(c1cccc3cccc(Cl)c13)C2. The maximum absolute atomic E-state index is 12.5. The maximum atomic E-state index is 12.5. The Labute approximate surface area is 259 Å². The van der Waals surface area contributed by atoms with Crippen LogP contribution in [0.4, 0.5) is 16.3 Å². The molecule has 0 radical (unpaired) electrons. The summed E-state index contributed by atoms with van der Waals surface area (Å²) in [5.41, 5.74) is 2.78. The van der Waals surface area contributed by atoms with Gasteiger partial charge in [0.15, 0.2) is 0 Å². The number of carbonyl (C=O) groups is 1. The largest absolute Gasteiger partial charge is 0.462 e. The summed E-state index contributed by atoms with van der Waals surface area (Å²) in [6.07, 6.45) is 2.89. The van der Waals surface area contributed by atoms with Crippen molar-refractivity contribution >= 4 is 40.0 Å². The first-order valence-electron chi connectivity index (χ1n) is 15.4. The van der Waals surface area contributed by atoms with Gasteiger partial charge in [0.2, 0.25) is 0 Å². The van der Waals surface area contributed by atoms with E-state index in [-0.39, 0.29) is 6.09 Å². The van der Waals surface area contributed by atoms with Gasteiger partial charge in [-0.25, -0.2) is 4.79 Å². The highest BCUT2D eigenvalue weighted by molar-refractivity contribution is 6.36. The number of hydrogen-bond acceptors (Lipinski definition) is 8. The van der Waals surface area contributed by atoms with Gasteiger partial charge in [-0.3, -0.25) is 0 Å². The van der Waals surface area contributed by atoms with Crippen LogP contribution in [0.5, 0.6) is 6.01 Å². The van der Waals surface area contributed by atoms with Crippen molar-refractivity contribution in [2.24, 2.45) is 5.92 Å². The summed E-state index contributed by atoms with van der Waals surface area (Å²) in [5.74, 6) is 1.27. The number of nitrogens with zero attached hydrogens (tertiary/aromatic N) is 6. The van der Waals surface area contributed by atoms with Crippen LogP contribution in [0.15, 0.2) is 36.4 Å². The van der Waals surface area contributed by atoms with Gasteiger partial charge in [-0.2, -0.15) is 9.97 Å². The van der Waals surface area contributed by atoms with Crippen molar-refractivity contribution in [2.45, 2.75) is 58.2 Å². The van der Waals surface area contributed by atoms with Crippen molar-refractivity contribution in [1.29, 1.82) is 0 Å². The van der Waals surface area contributed by atoms with E-state index in [1.54, 1.807) is 4.90 Å². The van der Waals surface area contributed by atoms with E-state index >= 15 is 0 Å².